The fourth-order valence-electron chi connectivity index (χ4n) is 2.36. The summed E-state index contributed by atoms with van der Waals surface area (Å²) in [6.07, 6.45) is 2.21. The van der Waals surface area contributed by atoms with E-state index in [4.69, 9.17) is 5.11 Å². The molecule has 2 heterocycles. The van der Waals surface area contributed by atoms with Crippen molar-refractivity contribution in [2.75, 3.05) is 23.7 Å². The van der Waals surface area contributed by atoms with Gasteiger partial charge in [-0.3, -0.25) is 4.79 Å². The number of nitrogens with one attached hydrogen (secondary N) is 2. The third kappa shape index (κ3) is 2.27. The molecule has 3 rings (SSSR count). The zero-order chi connectivity index (χ0) is 13.9. The maximum atomic E-state index is 10.7. The van der Waals surface area contributed by atoms with Gasteiger partial charge in [0.2, 0.25) is 0 Å². The first-order valence-electron chi connectivity index (χ1n) is 6.38. The summed E-state index contributed by atoms with van der Waals surface area (Å²) < 4.78 is 0. The lowest BCUT2D eigenvalue weighted by molar-refractivity contribution is -0.134. The lowest BCUT2D eigenvalue weighted by Gasteiger charge is -2.11. The number of para-hydroxylation sites is 1. The topological polar surface area (TPSA) is 87.1 Å². The molecule has 1 aromatic carbocycles. The van der Waals surface area contributed by atoms with Crippen molar-refractivity contribution in [1.29, 1.82) is 0 Å². The van der Waals surface area contributed by atoms with Crippen LogP contribution in [-0.4, -0.2) is 34.1 Å². The van der Waals surface area contributed by atoms with Gasteiger partial charge in [-0.15, -0.1) is 0 Å². The highest BCUT2D eigenvalue weighted by atomic mass is 16.4. The summed E-state index contributed by atoms with van der Waals surface area (Å²) in [4.78, 5) is 19.2. The summed E-state index contributed by atoms with van der Waals surface area (Å²) in [5, 5.41) is 15.0. The van der Waals surface area contributed by atoms with Crippen LogP contribution < -0.4 is 10.6 Å². The first-order valence-corrected chi connectivity index (χ1v) is 6.38. The number of anilines is 2. The second-order valence-electron chi connectivity index (χ2n) is 4.52. The van der Waals surface area contributed by atoms with E-state index in [9.17, 15) is 4.79 Å². The Morgan fingerprint density at radius 1 is 1.35 bits per heavy atom. The lowest BCUT2D eigenvalue weighted by Crippen LogP contribution is -2.15. The summed E-state index contributed by atoms with van der Waals surface area (Å²) in [7, 11) is 0. The van der Waals surface area contributed by atoms with Gasteiger partial charge < -0.3 is 15.7 Å². The minimum atomic E-state index is -0.912. The van der Waals surface area contributed by atoms with E-state index in [2.05, 4.69) is 20.6 Å². The van der Waals surface area contributed by atoms with E-state index in [1.807, 2.05) is 24.3 Å². The molecule has 2 aromatic rings. The largest absolute Gasteiger partial charge is 0.480 e. The molecule has 0 spiro atoms. The summed E-state index contributed by atoms with van der Waals surface area (Å²) >= 11 is 0. The predicted octanol–water partition coefficient (Wildman–Crippen LogP) is 1.61. The fourth-order valence-corrected chi connectivity index (χ4v) is 2.36. The standard InChI is InChI=1S/C14H14N4O2/c19-12(20)7-16-14-10-5-6-15-11-4-2-1-3-9(11)13(10)17-8-18-14/h1-4,8,15H,5-7H2,(H,19,20)(H,16,17,18). The van der Waals surface area contributed by atoms with Crippen LogP contribution in [0.2, 0.25) is 0 Å². The first-order chi connectivity index (χ1) is 9.75. The van der Waals surface area contributed by atoms with Gasteiger partial charge in [0.25, 0.3) is 0 Å². The van der Waals surface area contributed by atoms with Crippen LogP contribution in [0.3, 0.4) is 0 Å². The molecule has 0 unspecified atom stereocenters. The molecule has 0 atom stereocenters. The number of carboxylic acids is 1. The summed E-state index contributed by atoms with van der Waals surface area (Å²) in [6.45, 7) is 0.609. The molecule has 1 aliphatic rings. The van der Waals surface area contributed by atoms with Gasteiger partial charge in [-0.25, -0.2) is 9.97 Å². The number of aromatic nitrogens is 2. The maximum Gasteiger partial charge on any atom is 0.322 e. The Balaban J connectivity index is 2.06. The molecule has 1 aromatic heterocycles. The van der Waals surface area contributed by atoms with E-state index in [1.165, 1.54) is 6.33 Å². The Kier molecular flexibility index (Phi) is 3.20. The Labute approximate surface area is 115 Å². The Morgan fingerprint density at radius 3 is 3.05 bits per heavy atom. The number of nitrogens with zero attached hydrogens (tertiary/aromatic N) is 2. The normalized spacial score (nSPS) is 12.6. The molecule has 20 heavy (non-hydrogen) atoms. The third-order valence-electron chi connectivity index (χ3n) is 3.23. The zero-order valence-electron chi connectivity index (χ0n) is 10.8. The van der Waals surface area contributed by atoms with E-state index >= 15 is 0 Å². The van der Waals surface area contributed by atoms with Crippen LogP contribution in [0, 0.1) is 0 Å². The van der Waals surface area contributed by atoms with Gasteiger partial charge in [-0.1, -0.05) is 18.2 Å². The average Bonchev–Trinajstić information content (AvgIpc) is 2.65. The van der Waals surface area contributed by atoms with Gasteiger partial charge in [0.1, 0.15) is 18.7 Å². The van der Waals surface area contributed by atoms with Crippen molar-refractivity contribution >= 4 is 17.5 Å². The highest BCUT2D eigenvalue weighted by molar-refractivity contribution is 5.81. The number of carbonyl (C=O) groups is 1. The molecule has 0 fully saturated rings. The van der Waals surface area contributed by atoms with Crippen LogP contribution in [0.4, 0.5) is 11.5 Å². The van der Waals surface area contributed by atoms with Crippen molar-refractivity contribution < 1.29 is 9.90 Å². The highest BCUT2D eigenvalue weighted by Crippen LogP contribution is 2.33. The molecule has 0 amide bonds. The summed E-state index contributed by atoms with van der Waals surface area (Å²) in [5.74, 6) is -0.319. The molecular weight excluding hydrogens is 256 g/mol. The average molecular weight is 270 g/mol. The molecule has 3 N–H and O–H groups in total. The number of carboxylic acid groups (broad SMARTS) is 1. The van der Waals surface area contributed by atoms with Gasteiger partial charge in [-0.05, 0) is 12.5 Å². The first kappa shape index (κ1) is 12.4. The lowest BCUT2D eigenvalue weighted by atomic mass is 10.0. The quantitative estimate of drug-likeness (QED) is 0.785. The van der Waals surface area contributed by atoms with Gasteiger partial charge >= 0.3 is 5.97 Å². The predicted molar refractivity (Wildman–Crippen MR) is 75.8 cm³/mol. The van der Waals surface area contributed by atoms with Gasteiger partial charge in [0.15, 0.2) is 0 Å². The summed E-state index contributed by atoms with van der Waals surface area (Å²) in [5.41, 5.74) is 3.86. The number of fused-ring (bicyclic) bond motifs is 3. The molecule has 6 heteroatoms. The van der Waals surface area contributed by atoms with E-state index in [-0.39, 0.29) is 6.54 Å². The highest BCUT2D eigenvalue weighted by Gasteiger charge is 2.18. The van der Waals surface area contributed by atoms with Crippen molar-refractivity contribution in [3.63, 3.8) is 0 Å². The third-order valence-corrected chi connectivity index (χ3v) is 3.23. The van der Waals surface area contributed by atoms with Crippen molar-refractivity contribution in [3.05, 3.63) is 36.2 Å². The molecule has 6 nitrogen and oxygen atoms in total. The van der Waals surface area contributed by atoms with Crippen LogP contribution in [0.1, 0.15) is 5.56 Å². The number of hydrogen-bond acceptors (Lipinski definition) is 5. The van der Waals surface area contributed by atoms with Crippen molar-refractivity contribution in [2.45, 2.75) is 6.42 Å². The van der Waals surface area contributed by atoms with E-state index < -0.39 is 5.97 Å². The summed E-state index contributed by atoms with van der Waals surface area (Å²) in [6, 6.07) is 7.95. The fraction of sp³-hybridized carbons (Fsp3) is 0.214. The van der Waals surface area contributed by atoms with Crippen LogP contribution in [0.5, 0.6) is 0 Å². The Bertz CT molecular complexity index is 657. The second kappa shape index (κ2) is 5.16. The minimum absolute atomic E-state index is 0.154. The second-order valence-corrected chi connectivity index (χ2v) is 4.52. The van der Waals surface area contributed by atoms with Crippen molar-refractivity contribution in [2.24, 2.45) is 0 Å². The van der Waals surface area contributed by atoms with E-state index in [0.29, 0.717) is 5.82 Å². The number of rotatable bonds is 3. The maximum absolute atomic E-state index is 10.7. The van der Waals surface area contributed by atoms with E-state index in [1.54, 1.807) is 0 Å². The Morgan fingerprint density at radius 2 is 2.20 bits per heavy atom. The van der Waals surface area contributed by atoms with E-state index in [0.717, 1.165) is 35.5 Å². The SMILES string of the molecule is O=C(O)CNc1ncnc2c1CCNc1ccccc1-2. The smallest absolute Gasteiger partial charge is 0.322 e. The number of hydrogen-bond donors (Lipinski definition) is 3. The molecule has 0 aliphatic carbocycles. The molecule has 0 radical (unpaired) electrons. The molecular formula is C14H14N4O2. The Hall–Kier alpha value is -2.63. The van der Waals surface area contributed by atoms with Gasteiger partial charge in [-0.2, -0.15) is 0 Å². The van der Waals surface area contributed by atoms with Crippen LogP contribution in [0.25, 0.3) is 11.3 Å². The van der Waals surface area contributed by atoms with Crippen LogP contribution in [0.15, 0.2) is 30.6 Å². The minimum Gasteiger partial charge on any atom is -0.480 e. The number of benzene rings is 1. The van der Waals surface area contributed by atoms with Gasteiger partial charge in [0.05, 0.1) is 5.69 Å². The zero-order valence-corrected chi connectivity index (χ0v) is 10.8. The molecule has 102 valence electrons. The molecule has 0 saturated carbocycles. The molecule has 1 aliphatic heterocycles. The van der Waals surface area contributed by atoms with Crippen LogP contribution in [-0.2, 0) is 11.2 Å². The van der Waals surface area contributed by atoms with Crippen molar-refractivity contribution in [1.82, 2.24) is 9.97 Å². The van der Waals surface area contributed by atoms with Gasteiger partial charge in [0, 0.05) is 23.4 Å². The molecule has 0 saturated heterocycles. The monoisotopic (exact) mass is 270 g/mol. The number of aliphatic carboxylic acids is 1. The van der Waals surface area contributed by atoms with Crippen LogP contribution >= 0.6 is 0 Å². The molecule has 0 bridgehead atoms. The van der Waals surface area contributed by atoms with Crippen molar-refractivity contribution in [3.8, 4) is 11.3 Å².